The lowest BCUT2D eigenvalue weighted by Gasteiger charge is -2.30. The lowest BCUT2D eigenvalue weighted by molar-refractivity contribution is -0.00163. The molecular formula is C20H41NO2. The number of hydrogen-bond acceptors (Lipinski definition) is 3. The van der Waals surface area contributed by atoms with Gasteiger partial charge in [-0.25, -0.2) is 0 Å². The Morgan fingerprint density at radius 1 is 1.13 bits per heavy atom. The van der Waals surface area contributed by atoms with Crippen molar-refractivity contribution in [2.24, 2.45) is 17.8 Å². The first-order valence-corrected chi connectivity index (χ1v) is 9.96. The molecule has 23 heavy (non-hydrogen) atoms. The lowest BCUT2D eigenvalue weighted by atomic mass is 9.82. The third-order valence-electron chi connectivity index (χ3n) is 6.08. The second-order valence-electron chi connectivity index (χ2n) is 7.81. The summed E-state index contributed by atoms with van der Waals surface area (Å²) in [6.45, 7) is 9.95. The van der Waals surface area contributed by atoms with Crippen LogP contribution in [0, 0.1) is 17.8 Å². The van der Waals surface area contributed by atoms with Crippen LogP contribution in [0.3, 0.4) is 0 Å². The topological polar surface area (TPSA) is 41.5 Å². The minimum absolute atomic E-state index is 0.107. The summed E-state index contributed by atoms with van der Waals surface area (Å²) in [6, 6.07) is 0.625. The number of aliphatic hydroxyl groups excluding tert-OH is 1. The second kappa shape index (κ2) is 11.4. The fourth-order valence-corrected chi connectivity index (χ4v) is 4.05. The maximum Gasteiger partial charge on any atom is 0.0577 e. The molecule has 0 heterocycles. The molecule has 6 atom stereocenters. The van der Waals surface area contributed by atoms with Crippen molar-refractivity contribution in [1.82, 2.24) is 5.32 Å². The number of aliphatic hydroxyl groups is 1. The van der Waals surface area contributed by atoms with Crippen LogP contribution >= 0.6 is 0 Å². The Labute approximate surface area is 144 Å². The van der Waals surface area contributed by atoms with Gasteiger partial charge in [0.05, 0.1) is 12.2 Å². The fraction of sp³-hybridized carbons (Fsp3) is 1.00. The van der Waals surface area contributed by atoms with Crippen LogP contribution in [0.4, 0.5) is 0 Å². The van der Waals surface area contributed by atoms with E-state index in [0.717, 1.165) is 32.3 Å². The Kier molecular flexibility index (Phi) is 10.4. The predicted molar refractivity (Wildman–Crippen MR) is 98.7 cm³/mol. The van der Waals surface area contributed by atoms with E-state index < -0.39 is 0 Å². The van der Waals surface area contributed by atoms with Crippen molar-refractivity contribution in [3.05, 3.63) is 0 Å². The van der Waals surface area contributed by atoms with E-state index in [2.05, 4.69) is 33.0 Å². The molecule has 3 heteroatoms. The highest BCUT2D eigenvalue weighted by molar-refractivity contribution is 4.78. The first-order chi connectivity index (χ1) is 11.0. The molecule has 0 bridgehead atoms. The standard InChI is InChI=1S/C20H41NO2/c1-6-18(21-5)10-8-14-23-17(4)19-13-12-16(3)20(22)11-7-9-15(19)2/h15-22H,6-14H2,1-5H3/t15?,16-,17?,18?,19?,20?/m0/s1. The van der Waals surface area contributed by atoms with Crippen molar-refractivity contribution >= 4 is 0 Å². The Morgan fingerprint density at radius 2 is 1.87 bits per heavy atom. The quantitative estimate of drug-likeness (QED) is 0.650. The zero-order valence-corrected chi connectivity index (χ0v) is 16.2. The highest BCUT2D eigenvalue weighted by atomic mass is 16.5. The van der Waals surface area contributed by atoms with Gasteiger partial charge < -0.3 is 15.2 Å². The van der Waals surface area contributed by atoms with Crippen LogP contribution in [0.15, 0.2) is 0 Å². The van der Waals surface area contributed by atoms with Crippen LogP contribution in [-0.4, -0.2) is 37.0 Å². The van der Waals surface area contributed by atoms with Gasteiger partial charge >= 0.3 is 0 Å². The van der Waals surface area contributed by atoms with E-state index in [1.165, 1.54) is 25.7 Å². The minimum Gasteiger partial charge on any atom is -0.393 e. The van der Waals surface area contributed by atoms with Crippen molar-refractivity contribution in [3.63, 3.8) is 0 Å². The van der Waals surface area contributed by atoms with E-state index in [1.54, 1.807) is 0 Å². The van der Waals surface area contributed by atoms with E-state index in [-0.39, 0.29) is 6.10 Å². The molecule has 1 saturated carbocycles. The largest absolute Gasteiger partial charge is 0.393 e. The summed E-state index contributed by atoms with van der Waals surface area (Å²) in [5, 5.41) is 13.5. The van der Waals surface area contributed by atoms with Gasteiger partial charge in [-0.1, -0.05) is 33.6 Å². The molecule has 3 nitrogen and oxygen atoms in total. The summed E-state index contributed by atoms with van der Waals surface area (Å²) in [4.78, 5) is 0. The van der Waals surface area contributed by atoms with Gasteiger partial charge in [0.2, 0.25) is 0 Å². The molecule has 5 unspecified atom stereocenters. The fourth-order valence-electron chi connectivity index (χ4n) is 4.05. The van der Waals surface area contributed by atoms with Gasteiger partial charge in [0.15, 0.2) is 0 Å². The Bertz CT molecular complexity index is 293. The van der Waals surface area contributed by atoms with Gasteiger partial charge in [0.25, 0.3) is 0 Å². The van der Waals surface area contributed by atoms with Crippen molar-refractivity contribution < 1.29 is 9.84 Å². The second-order valence-corrected chi connectivity index (χ2v) is 7.81. The summed E-state index contributed by atoms with van der Waals surface area (Å²) in [7, 11) is 2.05. The smallest absolute Gasteiger partial charge is 0.0577 e. The van der Waals surface area contributed by atoms with E-state index in [0.29, 0.717) is 29.9 Å². The average molecular weight is 328 g/mol. The molecule has 1 rings (SSSR count). The number of nitrogens with one attached hydrogen (secondary N) is 1. The third-order valence-corrected chi connectivity index (χ3v) is 6.08. The zero-order valence-electron chi connectivity index (χ0n) is 16.2. The molecule has 0 aliphatic heterocycles. The molecule has 1 fully saturated rings. The molecular weight excluding hydrogens is 286 g/mol. The molecule has 138 valence electrons. The van der Waals surface area contributed by atoms with Crippen molar-refractivity contribution in [2.75, 3.05) is 13.7 Å². The maximum absolute atomic E-state index is 10.2. The maximum atomic E-state index is 10.2. The van der Waals surface area contributed by atoms with E-state index in [1.807, 2.05) is 7.05 Å². The molecule has 1 aliphatic rings. The number of hydrogen-bond donors (Lipinski definition) is 2. The normalized spacial score (nSPS) is 32.6. The summed E-state index contributed by atoms with van der Waals surface area (Å²) in [5.74, 6) is 1.76. The third kappa shape index (κ3) is 7.53. The molecule has 0 aromatic carbocycles. The highest BCUT2D eigenvalue weighted by Crippen LogP contribution is 2.32. The summed E-state index contributed by atoms with van der Waals surface area (Å²) >= 11 is 0. The lowest BCUT2D eigenvalue weighted by Crippen LogP contribution is -2.28. The zero-order chi connectivity index (χ0) is 17.2. The first-order valence-electron chi connectivity index (χ1n) is 9.96. The SMILES string of the molecule is CCC(CCCOC(C)C1CC[C@H](C)C(O)CCCC1C)NC. The number of rotatable bonds is 8. The van der Waals surface area contributed by atoms with Crippen LogP contribution in [0.2, 0.25) is 0 Å². The van der Waals surface area contributed by atoms with E-state index in [9.17, 15) is 5.11 Å². The average Bonchev–Trinajstić information content (AvgIpc) is 2.59. The summed E-state index contributed by atoms with van der Waals surface area (Å²) < 4.78 is 6.20. The van der Waals surface area contributed by atoms with Gasteiger partial charge in [0, 0.05) is 12.6 Å². The predicted octanol–water partition coefficient (Wildman–Crippen LogP) is 4.38. The van der Waals surface area contributed by atoms with Gasteiger partial charge in [0.1, 0.15) is 0 Å². The van der Waals surface area contributed by atoms with Gasteiger partial charge in [-0.15, -0.1) is 0 Å². The molecule has 0 spiro atoms. The molecule has 0 amide bonds. The Morgan fingerprint density at radius 3 is 2.52 bits per heavy atom. The van der Waals surface area contributed by atoms with Crippen LogP contribution in [-0.2, 0) is 4.74 Å². The Balaban J connectivity index is 2.40. The summed E-state index contributed by atoms with van der Waals surface area (Å²) in [5.41, 5.74) is 0. The van der Waals surface area contributed by atoms with E-state index >= 15 is 0 Å². The van der Waals surface area contributed by atoms with Gasteiger partial charge in [-0.3, -0.25) is 0 Å². The molecule has 0 radical (unpaired) electrons. The van der Waals surface area contributed by atoms with Crippen molar-refractivity contribution in [3.8, 4) is 0 Å². The van der Waals surface area contributed by atoms with Gasteiger partial charge in [-0.2, -0.15) is 0 Å². The molecule has 1 aliphatic carbocycles. The Hall–Kier alpha value is -0.120. The number of ether oxygens (including phenoxy) is 1. The molecule has 0 saturated heterocycles. The molecule has 0 aromatic heterocycles. The summed E-state index contributed by atoms with van der Waals surface area (Å²) in [6.07, 6.45) is 9.41. The molecule has 2 N–H and O–H groups in total. The van der Waals surface area contributed by atoms with Crippen LogP contribution in [0.5, 0.6) is 0 Å². The van der Waals surface area contributed by atoms with Gasteiger partial charge in [-0.05, 0) is 70.3 Å². The van der Waals surface area contributed by atoms with Crippen LogP contribution < -0.4 is 5.32 Å². The van der Waals surface area contributed by atoms with E-state index in [4.69, 9.17) is 4.74 Å². The van der Waals surface area contributed by atoms with Crippen molar-refractivity contribution in [1.29, 1.82) is 0 Å². The van der Waals surface area contributed by atoms with Crippen LogP contribution in [0.25, 0.3) is 0 Å². The van der Waals surface area contributed by atoms with Crippen molar-refractivity contribution in [2.45, 2.75) is 97.3 Å². The minimum atomic E-state index is -0.107. The first kappa shape index (κ1) is 20.9. The van der Waals surface area contributed by atoms with Crippen LogP contribution in [0.1, 0.15) is 79.1 Å². The monoisotopic (exact) mass is 327 g/mol. The molecule has 0 aromatic rings. The highest BCUT2D eigenvalue weighted by Gasteiger charge is 2.27.